The number of allylic oxidation sites excluding steroid dienone is 6. The number of carbonyl (C=O) groups is 2. The summed E-state index contributed by atoms with van der Waals surface area (Å²) < 4.78 is 17.3. The molecule has 54 heavy (non-hydrogen) atoms. The first-order valence-corrected chi connectivity index (χ1v) is 23.5. The third kappa shape index (κ3) is 42.9. The summed E-state index contributed by atoms with van der Waals surface area (Å²) in [6, 6.07) is 0. The fourth-order valence-corrected chi connectivity index (χ4v) is 6.54. The van der Waals surface area contributed by atoms with Crippen LogP contribution in [0.2, 0.25) is 0 Å². The molecule has 0 saturated carbocycles. The van der Waals surface area contributed by atoms with Crippen molar-refractivity contribution >= 4 is 11.9 Å². The van der Waals surface area contributed by atoms with Crippen LogP contribution in [0.25, 0.3) is 0 Å². The number of carbonyl (C=O) groups excluding carboxylic acids is 2. The van der Waals surface area contributed by atoms with Gasteiger partial charge >= 0.3 is 11.9 Å². The van der Waals surface area contributed by atoms with Gasteiger partial charge in [0.05, 0.1) is 6.61 Å². The van der Waals surface area contributed by atoms with Gasteiger partial charge in [0.1, 0.15) is 6.61 Å². The molecular weight excluding hydrogens is 669 g/mol. The normalized spacial score (nSPS) is 12.4. The molecule has 1 unspecified atom stereocenters. The summed E-state index contributed by atoms with van der Waals surface area (Å²) in [5.74, 6) is -0.415. The van der Waals surface area contributed by atoms with Crippen molar-refractivity contribution < 1.29 is 23.8 Å². The Hall–Kier alpha value is -1.88. The van der Waals surface area contributed by atoms with Crippen molar-refractivity contribution in [1.29, 1.82) is 0 Å². The maximum absolute atomic E-state index is 12.7. The topological polar surface area (TPSA) is 61.8 Å². The van der Waals surface area contributed by atoms with Crippen LogP contribution in [-0.2, 0) is 23.8 Å². The lowest BCUT2D eigenvalue weighted by molar-refractivity contribution is -0.163. The van der Waals surface area contributed by atoms with E-state index in [0.29, 0.717) is 19.4 Å². The van der Waals surface area contributed by atoms with Gasteiger partial charge < -0.3 is 14.2 Å². The second-order valence-corrected chi connectivity index (χ2v) is 15.6. The van der Waals surface area contributed by atoms with E-state index in [0.717, 1.165) is 64.2 Å². The van der Waals surface area contributed by atoms with Gasteiger partial charge in [0.15, 0.2) is 6.10 Å². The highest BCUT2D eigenvalue weighted by Crippen LogP contribution is 2.13. The Morgan fingerprint density at radius 1 is 0.389 bits per heavy atom. The molecule has 0 aliphatic rings. The van der Waals surface area contributed by atoms with E-state index in [-0.39, 0.29) is 25.2 Å². The first kappa shape index (κ1) is 52.1. The van der Waals surface area contributed by atoms with Crippen LogP contribution in [-0.4, -0.2) is 37.9 Å². The number of rotatable bonds is 43. The molecule has 5 nitrogen and oxygen atoms in total. The third-order valence-electron chi connectivity index (χ3n) is 10.1. The van der Waals surface area contributed by atoms with Crippen molar-refractivity contribution in [3.8, 4) is 0 Å². The van der Waals surface area contributed by atoms with Crippen molar-refractivity contribution in [1.82, 2.24) is 0 Å². The zero-order valence-corrected chi connectivity index (χ0v) is 36.2. The molecule has 0 heterocycles. The maximum atomic E-state index is 12.7. The number of ether oxygens (including phenoxy) is 3. The van der Waals surface area contributed by atoms with Crippen molar-refractivity contribution in [3.63, 3.8) is 0 Å². The number of unbranched alkanes of at least 4 members (excludes halogenated alkanes) is 26. The van der Waals surface area contributed by atoms with Gasteiger partial charge in [-0.25, -0.2) is 0 Å². The molecule has 316 valence electrons. The molecule has 0 spiro atoms. The first-order valence-electron chi connectivity index (χ1n) is 23.5. The molecular formula is C49H90O5. The van der Waals surface area contributed by atoms with Crippen LogP contribution in [0.3, 0.4) is 0 Å². The first-order chi connectivity index (χ1) is 26.6. The zero-order chi connectivity index (χ0) is 39.3. The summed E-state index contributed by atoms with van der Waals surface area (Å²) in [7, 11) is 0. The lowest BCUT2D eigenvalue weighted by Crippen LogP contribution is -2.30. The van der Waals surface area contributed by atoms with Crippen molar-refractivity contribution in [3.05, 3.63) is 36.5 Å². The summed E-state index contributed by atoms with van der Waals surface area (Å²) in [5.41, 5.74) is 0. The van der Waals surface area contributed by atoms with E-state index in [4.69, 9.17) is 14.2 Å². The molecule has 0 aliphatic heterocycles. The Labute approximate surface area is 336 Å². The lowest BCUT2D eigenvalue weighted by Gasteiger charge is -2.18. The van der Waals surface area contributed by atoms with E-state index in [1.54, 1.807) is 0 Å². The molecule has 0 amide bonds. The quantitative estimate of drug-likeness (QED) is 0.0352. The Morgan fingerprint density at radius 2 is 0.741 bits per heavy atom. The van der Waals surface area contributed by atoms with Gasteiger partial charge in [-0.1, -0.05) is 173 Å². The van der Waals surface area contributed by atoms with Gasteiger partial charge in [-0.2, -0.15) is 0 Å². The zero-order valence-electron chi connectivity index (χ0n) is 36.2. The minimum atomic E-state index is -0.541. The molecule has 0 radical (unpaired) electrons. The lowest BCUT2D eigenvalue weighted by atomic mass is 10.1. The second-order valence-electron chi connectivity index (χ2n) is 15.6. The van der Waals surface area contributed by atoms with Crippen LogP contribution >= 0.6 is 0 Å². The molecule has 0 N–H and O–H groups in total. The molecule has 0 saturated heterocycles. The van der Waals surface area contributed by atoms with Crippen molar-refractivity contribution in [2.24, 2.45) is 0 Å². The van der Waals surface area contributed by atoms with Crippen molar-refractivity contribution in [2.45, 2.75) is 245 Å². The van der Waals surface area contributed by atoms with E-state index in [2.05, 4.69) is 57.2 Å². The fraction of sp³-hybridized carbons (Fsp3) is 0.837. The van der Waals surface area contributed by atoms with Crippen LogP contribution < -0.4 is 0 Å². The molecule has 0 bridgehead atoms. The average Bonchev–Trinajstić information content (AvgIpc) is 3.17. The van der Waals surface area contributed by atoms with E-state index in [1.165, 1.54) is 141 Å². The summed E-state index contributed by atoms with van der Waals surface area (Å²) in [5, 5.41) is 0. The highest BCUT2D eigenvalue weighted by atomic mass is 16.6. The smallest absolute Gasteiger partial charge is 0.306 e. The molecule has 0 aliphatic carbocycles. The third-order valence-corrected chi connectivity index (χ3v) is 10.1. The SMILES string of the molecule is CCCC/C=C\CCCCCCCCOCC(COC(=O)CCCCCCC/C=C\CCCCCC)OC(=O)CCCCCCC/C=C\CCCCCC. The van der Waals surface area contributed by atoms with E-state index >= 15 is 0 Å². The molecule has 1 atom stereocenters. The number of hydrogen-bond donors (Lipinski definition) is 0. The highest BCUT2D eigenvalue weighted by molar-refractivity contribution is 5.70. The Balaban J connectivity index is 4.28. The van der Waals surface area contributed by atoms with Crippen molar-refractivity contribution in [2.75, 3.05) is 19.8 Å². The fourth-order valence-electron chi connectivity index (χ4n) is 6.54. The van der Waals surface area contributed by atoms with E-state index < -0.39 is 6.10 Å². The Kier molecular flexibility index (Phi) is 43.9. The predicted octanol–water partition coefficient (Wildman–Crippen LogP) is 15.4. The van der Waals surface area contributed by atoms with Gasteiger partial charge in [-0.05, 0) is 89.9 Å². The average molecular weight is 759 g/mol. The predicted molar refractivity (Wildman–Crippen MR) is 233 cm³/mol. The van der Waals surface area contributed by atoms with Gasteiger partial charge in [0, 0.05) is 19.4 Å². The van der Waals surface area contributed by atoms with Crippen LogP contribution in [0, 0.1) is 0 Å². The summed E-state index contributed by atoms with van der Waals surface area (Å²) in [6.07, 6.45) is 52.8. The van der Waals surface area contributed by atoms with Crippen LogP contribution in [0.1, 0.15) is 239 Å². The minimum Gasteiger partial charge on any atom is -0.462 e. The highest BCUT2D eigenvalue weighted by Gasteiger charge is 2.17. The number of hydrogen-bond acceptors (Lipinski definition) is 5. The van der Waals surface area contributed by atoms with E-state index in [9.17, 15) is 9.59 Å². The monoisotopic (exact) mass is 759 g/mol. The summed E-state index contributed by atoms with van der Waals surface area (Å²) >= 11 is 0. The van der Waals surface area contributed by atoms with E-state index in [1.807, 2.05) is 0 Å². The minimum absolute atomic E-state index is 0.0777. The number of esters is 2. The largest absolute Gasteiger partial charge is 0.462 e. The van der Waals surface area contributed by atoms with Gasteiger partial charge in [0.25, 0.3) is 0 Å². The van der Waals surface area contributed by atoms with Gasteiger partial charge in [-0.15, -0.1) is 0 Å². The van der Waals surface area contributed by atoms with Crippen LogP contribution in [0.4, 0.5) is 0 Å². The molecule has 0 rings (SSSR count). The Bertz CT molecular complexity index is 862. The van der Waals surface area contributed by atoms with Crippen LogP contribution in [0.15, 0.2) is 36.5 Å². The molecule has 0 fully saturated rings. The van der Waals surface area contributed by atoms with Gasteiger partial charge in [-0.3, -0.25) is 9.59 Å². The molecule has 0 aromatic heterocycles. The summed E-state index contributed by atoms with van der Waals surface area (Å²) in [6.45, 7) is 7.75. The van der Waals surface area contributed by atoms with Gasteiger partial charge in [0.2, 0.25) is 0 Å². The standard InChI is InChI=1S/C49H90O5/c1-4-7-10-13-16-19-22-25-27-30-33-36-39-42-48(50)53-46-47(45-52-44-41-38-35-32-29-24-21-18-15-12-9-6-3)54-49(51)43-40-37-34-31-28-26-23-20-17-14-11-8-5-2/h15,18-20,22-23,47H,4-14,16-17,21,24-46H2,1-3H3/b18-15-,22-19-,23-20-. The Morgan fingerprint density at radius 3 is 1.19 bits per heavy atom. The molecule has 5 heteroatoms. The van der Waals surface area contributed by atoms with Crippen LogP contribution in [0.5, 0.6) is 0 Å². The summed E-state index contributed by atoms with van der Waals surface area (Å²) in [4.78, 5) is 25.2. The maximum Gasteiger partial charge on any atom is 0.306 e. The molecule has 0 aromatic rings. The molecule has 0 aromatic carbocycles. The second kappa shape index (κ2) is 45.5.